The summed E-state index contributed by atoms with van der Waals surface area (Å²) >= 11 is 0. The van der Waals surface area contributed by atoms with E-state index in [4.69, 9.17) is 0 Å². The summed E-state index contributed by atoms with van der Waals surface area (Å²) in [7, 11) is 0. The normalized spacial score (nSPS) is 15.0. The SMILES string of the molecule is Cc1cccc(-c2[nH]ncc2C(=O)NCC2(Cn3ccnc3C)CC2)c1. The predicted molar refractivity (Wildman–Crippen MR) is 99.7 cm³/mol. The first-order valence-electron chi connectivity index (χ1n) is 8.93. The molecule has 134 valence electrons. The fourth-order valence-electron chi connectivity index (χ4n) is 3.34. The number of aryl methyl sites for hydroxylation is 2. The molecule has 3 aromatic rings. The number of carbonyl (C=O) groups excluding carboxylic acids is 1. The Morgan fingerprint density at radius 2 is 2.19 bits per heavy atom. The number of H-pyrrole nitrogens is 1. The summed E-state index contributed by atoms with van der Waals surface area (Å²) in [6, 6.07) is 8.06. The molecular formula is C20H23N5O. The van der Waals surface area contributed by atoms with Gasteiger partial charge in [0.1, 0.15) is 5.82 Å². The van der Waals surface area contributed by atoms with E-state index in [1.54, 1.807) is 6.20 Å². The second kappa shape index (κ2) is 6.44. The molecule has 6 nitrogen and oxygen atoms in total. The Morgan fingerprint density at radius 3 is 2.88 bits per heavy atom. The van der Waals surface area contributed by atoms with Crippen LogP contribution in [-0.4, -0.2) is 32.2 Å². The van der Waals surface area contributed by atoms with Crippen molar-refractivity contribution in [3.05, 3.63) is 59.8 Å². The van der Waals surface area contributed by atoms with Crippen molar-refractivity contribution in [2.75, 3.05) is 6.54 Å². The number of amides is 1. The van der Waals surface area contributed by atoms with Gasteiger partial charge in [-0.1, -0.05) is 23.8 Å². The topological polar surface area (TPSA) is 75.6 Å². The van der Waals surface area contributed by atoms with Crippen molar-refractivity contribution < 1.29 is 4.79 Å². The Kier molecular flexibility index (Phi) is 4.11. The Bertz CT molecular complexity index is 935. The van der Waals surface area contributed by atoms with Crippen molar-refractivity contribution in [2.45, 2.75) is 33.2 Å². The Morgan fingerprint density at radius 1 is 1.35 bits per heavy atom. The molecule has 1 fully saturated rings. The van der Waals surface area contributed by atoms with Gasteiger partial charge in [0.15, 0.2) is 0 Å². The molecule has 0 atom stereocenters. The van der Waals surface area contributed by atoms with Gasteiger partial charge in [0.2, 0.25) is 0 Å². The van der Waals surface area contributed by atoms with Gasteiger partial charge in [-0.25, -0.2) is 4.98 Å². The molecule has 2 heterocycles. The molecule has 0 spiro atoms. The monoisotopic (exact) mass is 349 g/mol. The number of rotatable bonds is 6. The molecule has 0 unspecified atom stereocenters. The van der Waals surface area contributed by atoms with Crippen molar-refractivity contribution in [3.8, 4) is 11.3 Å². The van der Waals surface area contributed by atoms with Gasteiger partial charge in [-0.3, -0.25) is 9.89 Å². The van der Waals surface area contributed by atoms with Crippen molar-refractivity contribution in [1.29, 1.82) is 0 Å². The molecule has 1 aliphatic rings. The second-order valence-electron chi connectivity index (χ2n) is 7.31. The predicted octanol–water partition coefficient (Wildman–Crippen LogP) is 3.10. The summed E-state index contributed by atoms with van der Waals surface area (Å²) in [4.78, 5) is 17.0. The summed E-state index contributed by atoms with van der Waals surface area (Å²) < 4.78 is 2.16. The second-order valence-corrected chi connectivity index (χ2v) is 7.31. The van der Waals surface area contributed by atoms with Gasteiger partial charge in [-0.2, -0.15) is 5.10 Å². The molecule has 1 aromatic carbocycles. The summed E-state index contributed by atoms with van der Waals surface area (Å²) in [5, 5.41) is 10.2. The average molecular weight is 349 g/mol. The Hall–Kier alpha value is -2.89. The minimum absolute atomic E-state index is 0.0797. The fraction of sp³-hybridized carbons (Fsp3) is 0.350. The highest BCUT2D eigenvalue weighted by atomic mass is 16.1. The van der Waals surface area contributed by atoms with Gasteiger partial charge < -0.3 is 9.88 Å². The van der Waals surface area contributed by atoms with Gasteiger partial charge in [-0.15, -0.1) is 0 Å². The minimum Gasteiger partial charge on any atom is -0.351 e. The summed E-state index contributed by atoms with van der Waals surface area (Å²) in [5.41, 5.74) is 3.62. The van der Waals surface area contributed by atoms with E-state index in [9.17, 15) is 4.79 Å². The van der Waals surface area contributed by atoms with E-state index >= 15 is 0 Å². The lowest BCUT2D eigenvalue weighted by molar-refractivity contribution is 0.0943. The molecule has 0 bridgehead atoms. The largest absolute Gasteiger partial charge is 0.351 e. The van der Waals surface area contributed by atoms with Crippen LogP contribution in [-0.2, 0) is 6.54 Å². The molecular weight excluding hydrogens is 326 g/mol. The highest BCUT2D eigenvalue weighted by Crippen LogP contribution is 2.46. The number of imidazole rings is 1. The van der Waals surface area contributed by atoms with E-state index in [0.29, 0.717) is 12.1 Å². The first kappa shape index (κ1) is 16.6. The highest BCUT2D eigenvalue weighted by Gasteiger charge is 2.43. The van der Waals surface area contributed by atoms with Crippen molar-refractivity contribution in [2.24, 2.45) is 5.41 Å². The Labute approximate surface area is 152 Å². The van der Waals surface area contributed by atoms with Crippen LogP contribution < -0.4 is 5.32 Å². The number of nitrogens with zero attached hydrogens (tertiary/aromatic N) is 3. The standard InChI is InChI=1S/C20H23N5O/c1-14-4-3-5-16(10-14)18-17(11-23-24-18)19(26)22-12-20(6-7-20)13-25-9-8-21-15(25)2/h3-5,8-11H,6-7,12-13H2,1-2H3,(H,22,26)(H,23,24). The molecule has 26 heavy (non-hydrogen) atoms. The maximum Gasteiger partial charge on any atom is 0.255 e. The molecule has 4 rings (SSSR count). The van der Waals surface area contributed by atoms with E-state index in [1.807, 2.05) is 44.4 Å². The van der Waals surface area contributed by atoms with Crippen LogP contribution in [0.5, 0.6) is 0 Å². The van der Waals surface area contributed by atoms with Gasteiger partial charge in [0.05, 0.1) is 17.5 Å². The van der Waals surface area contributed by atoms with Gasteiger partial charge >= 0.3 is 0 Å². The van der Waals surface area contributed by atoms with Crippen LogP contribution in [0, 0.1) is 19.3 Å². The van der Waals surface area contributed by atoms with Crippen molar-refractivity contribution in [3.63, 3.8) is 0 Å². The summed E-state index contributed by atoms with van der Waals surface area (Å²) in [6.07, 6.45) is 7.68. The first-order chi connectivity index (χ1) is 12.6. The number of hydrogen-bond acceptors (Lipinski definition) is 3. The molecule has 2 aromatic heterocycles. The molecule has 1 saturated carbocycles. The zero-order valence-electron chi connectivity index (χ0n) is 15.1. The minimum atomic E-state index is -0.0797. The van der Waals surface area contributed by atoms with Crippen LogP contribution in [0.2, 0.25) is 0 Å². The van der Waals surface area contributed by atoms with Crippen molar-refractivity contribution in [1.82, 2.24) is 25.1 Å². The zero-order valence-corrected chi connectivity index (χ0v) is 15.1. The number of carbonyl (C=O) groups is 1. The highest BCUT2D eigenvalue weighted by molar-refractivity contribution is 5.99. The maximum atomic E-state index is 12.7. The lowest BCUT2D eigenvalue weighted by Crippen LogP contribution is -2.32. The van der Waals surface area contributed by atoms with Crippen LogP contribution in [0.15, 0.2) is 42.9 Å². The van der Waals surface area contributed by atoms with Gasteiger partial charge in [-0.05, 0) is 32.8 Å². The van der Waals surface area contributed by atoms with E-state index in [0.717, 1.165) is 42.0 Å². The van der Waals surface area contributed by atoms with Crippen molar-refractivity contribution >= 4 is 5.91 Å². The van der Waals surface area contributed by atoms with Crippen LogP contribution in [0.25, 0.3) is 11.3 Å². The van der Waals surface area contributed by atoms with E-state index < -0.39 is 0 Å². The van der Waals surface area contributed by atoms with Crippen LogP contribution in [0.4, 0.5) is 0 Å². The lowest BCUT2D eigenvalue weighted by Gasteiger charge is -2.17. The van der Waals surface area contributed by atoms with E-state index in [1.165, 1.54) is 0 Å². The third-order valence-corrected chi connectivity index (χ3v) is 5.20. The molecule has 6 heteroatoms. The smallest absolute Gasteiger partial charge is 0.255 e. The maximum absolute atomic E-state index is 12.7. The Balaban J connectivity index is 1.45. The average Bonchev–Trinajstić information content (AvgIpc) is 3.02. The third-order valence-electron chi connectivity index (χ3n) is 5.20. The zero-order chi connectivity index (χ0) is 18.1. The quantitative estimate of drug-likeness (QED) is 0.718. The van der Waals surface area contributed by atoms with Gasteiger partial charge in [0.25, 0.3) is 5.91 Å². The van der Waals surface area contributed by atoms with Gasteiger partial charge in [0, 0.05) is 36.5 Å². The number of nitrogens with one attached hydrogen (secondary N) is 2. The summed E-state index contributed by atoms with van der Waals surface area (Å²) in [6.45, 7) is 5.61. The molecule has 0 aliphatic heterocycles. The van der Waals surface area contributed by atoms with Crippen LogP contribution in [0.1, 0.15) is 34.6 Å². The number of hydrogen-bond donors (Lipinski definition) is 2. The van der Waals surface area contributed by atoms with Crippen LogP contribution >= 0.6 is 0 Å². The lowest BCUT2D eigenvalue weighted by atomic mass is 10.0. The van der Waals surface area contributed by atoms with Crippen LogP contribution in [0.3, 0.4) is 0 Å². The molecule has 0 saturated heterocycles. The van der Waals surface area contributed by atoms with E-state index in [-0.39, 0.29) is 11.3 Å². The number of benzene rings is 1. The molecule has 2 N–H and O–H groups in total. The number of aromatic nitrogens is 4. The molecule has 1 aliphatic carbocycles. The van der Waals surface area contributed by atoms with E-state index in [2.05, 4.69) is 31.1 Å². The first-order valence-corrected chi connectivity index (χ1v) is 8.93. The molecule has 1 amide bonds. The summed E-state index contributed by atoms with van der Waals surface area (Å²) in [5.74, 6) is 0.933. The fourth-order valence-corrected chi connectivity index (χ4v) is 3.34. The third kappa shape index (κ3) is 3.27. The number of aromatic amines is 1. The molecule has 0 radical (unpaired) electrons.